The number of carbonyl (C=O) groups excluding carboxylic acids is 2. The van der Waals surface area contributed by atoms with Crippen LogP contribution in [0, 0.1) is 52.7 Å². The zero-order valence-electron chi connectivity index (χ0n) is 25.7. The number of nitrogens with zero attached hydrogens (tertiary/aromatic N) is 2. The van der Waals surface area contributed by atoms with E-state index in [1.165, 1.54) is 24.0 Å². The van der Waals surface area contributed by atoms with E-state index in [1.54, 1.807) is 31.3 Å². The Hall–Kier alpha value is -3.68. The number of ether oxygens (including phenoxy) is 1. The van der Waals surface area contributed by atoms with Gasteiger partial charge in [-0.3, -0.25) is 4.79 Å². The highest BCUT2D eigenvalue weighted by Crippen LogP contribution is 2.69. The largest absolute Gasteiger partial charge is 0.457 e. The molecule has 6 rings (SSSR count). The summed E-state index contributed by atoms with van der Waals surface area (Å²) < 4.78 is 25.2. The second-order valence-corrected chi connectivity index (χ2v) is 14.3. The summed E-state index contributed by atoms with van der Waals surface area (Å²) in [6.45, 7) is 5.91. The molecule has 2 aromatic rings. The van der Waals surface area contributed by atoms with E-state index in [0.717, 1.165) is 35.9 Å². The number of hydrogen-bond acceptors (Lipinski definition) is 9. The average molecular weight is 632 g/mol. The number of allylic oxidation sites excluding steroid dienone is 3. The van der Waals surface area contributed by atoms with E-state index in [-0.39, 0.29) is 46.6 Å². The second-order valence-electron chi connectivity index (χ2n) is 13.4. The van der Waals surface area contributed by atoms with Gasteiger partial charge in [0.05, 0.1) is 35.6 Å². The summed E-state index contributed by atoms with van der Waals surface area (Å²) in [6, 6.07) is 9.71. The molecule has 0 spiro atoms. The Bertz CT molecular complexity index is 1660. The summed E-state index contributed by atoms with van der Waals surface area (Å²) in [5.74, 6) is -1.09. The van der Waals surface area contributed by atoms with Gasteiger partial charge in [0.15, 0.2) is 5.60 Å². The number of fused-ring (bicyclic) bond motifs is 5. The molecule has 1 heterocycles. The summed E-state index contributed by atoms with van der Waals surface area (Å²) in [6.07, 6.45) is 7.69. The first-order valence-corrected chi connectivity index (χ1v) is 16.4. The van der Waals surface area contributed by atoms with Gasteiger partial charge in [0.1, 0.15) is 5.82 Å². The van der Waals surface area contributed by atoms with Crippen LogP contribution in [0.1, 0.15) is 68.5 Å². The van der Waals surface area contributed by atoms with E-state index in [9.17, 15) is 24.3 Å². The molecule has 236 valence electrons. The summed E-state index contributed by atoms with van der Waals surface area (Å²) in [4.78, 5) is 32.2. The predicted octanol–water partition coefficient (Wildman–Crippen LogP) is 6.56. The van der Waals surface area contributed by atoms with Gasteiger partial charge in [-0.2, -0.15) is 5.26 Å². The molecule has 4 aliphatic rings. The van der Waals surface area contributed by atoms with E-state index in [2.05, 4.69) is 13.0 Å². The molecule has 1 aromatic carbocycles. The molecule has 3 N–H and O–H groups in total. The molecule has 1 aromatic heterocycles. The van der Waals surface area contributed by atoms with Crippen molar-refractivity contribution in [2.45, 2.75) is 71.0 Å². The van der Waals surface area contributed by atoms with Gasteiger partial charge in [-0.15, -0.1) is 0 Å². The molecule has 3 fully saturated rings. The highest BCUT2D eigenvalue weighted by atomic mass is 32.2. The van der Waals surface area contributed by atoms with E-state index in [4.69, 9.17) is 19.9 Å². The van der Waals surface area contributed by atoms with Gasteiger partial charge in [-0.25, -0.2) is 14.2 Å². The standard InChI is InChI=1S/C35H38FN3O5S/c1-20-11-14-43-30(20)31(41)44-35(32(42)45-15-13-37)12-10-26-25-9-4-22-16-27(39-24-7-5-23(36)6-8-24)21(19-38)17-33(22,2)29(25)28(40)18-34(26,35)3/h5-8,11,14,16,19,25-26,28-29,40H,4,9-10,12,15,17-18,38H2,1-3H3/t25-,26?,28?,29?,33-,34-,35-/m0/s1. The first kappa shape index (κ1) is 31.3. The topological polar surface area (TPSA) is 139 Å². The van der Waals surface area contributed by atoms with Crippen LogP contribution in [0.4, 0.5) is 10.1 Å². The van der Waals surface area contributed by atoms with Crippen LogP contribution in [0.5, 0.6) is 0 Å². The lowest BCUT2D eigenvalue weighted by Gasteiger charge is -2.60. The SMILES string of the molecule is Cc1ccoc1C(=O)O[C@]1(C(=O)SCC#N)CCC2[C@@H]3CCC4=CC(=Nc5ccc(F)cc5)C(=CN)C[C@]4(C)C3C(O)C[C@@]21C. The second kappa shape index (κ2) is 11.6. The minimum absolute atomic E-state index is 0.000920. The molecule has 3 unspecified atom stereocenters. The molecule has 0 amide bonds. The lowest BCUT2D eigenvalue weighted by atomic mass is 9.45. The third kappa shape index (κ3) is 4.95. The van der Waals surface area contributed by atoms with E-state index in [1.807, 2.05) is 13.0 Å². The smallest absolute Gasteiger partial charge is 0.375 e. The Kier molecular flexibility index (Phi) is 8.07. The number of aliphatic hydroxyl groups excluding tert-OH is 1. The first-order chi connectivity index (χ1) is 21.5. The average Bonchev–Trinajstić information content (AvgIpc) is 3.57. The number of rotatable bonds is 5. The Morgan fingerprint density at radius 3 is 2.69 bits per heavy atom. The molecular weight excluding hydrogens is 593 g/mol. The van der Waals surface area contributed by atoms with Gasteiger partial charge in [0, 0.05) is 11.0 Å². The number of nitriles is 1. The number of benzene rings is 1. The molecule has 7 atom stereocenters. The van der Waals surface area contributed by atoms with Crippen molar-refractivity contribution >= 4 is 34.2 Å². The minimum Gasteiger partial charge on any atom is -0.457 e. The van der Waals surface area contributed by atoms with Gasteiger partial charge < -0.3 is 20.0 Å². The Morgan fingerprint density at radius 2 is 2.02 bits per heavy atom. The van der Waals surface area contributed by atoms with E-state index < -0.39 is 28.5 Å². The molecule has 3 saturated carbocycles. The maximum atomic E-state index is 14.0. The highest BCUT2D eigenvalue weighted by molar-refractivity contribution is 8.14. The van der Waals surface area contributed by atoms with Gasteiger partial charge in [0.2, 0.25) is 10.9 Å². The number of aliphatic imine (C=N–C) groups is 1. The maximum absolute atomic E-state index is 14.0. The molecule has 0 saturated heterocycles. The Morgan fingerprint density at radius 1 is 1.27 bits per heavy atom. The lowest BCUT2D eigenvalue weighted by Crippen LogP contribution is -2.62. The van der Waals surface area contributed by atoms with Crippen molar-refractivity contribution in [2.75, 3.05) is 5.75 Å². The predicted molar refractivity (Wildman–Crippen MR) is 169 cm³/mol. The number of furan rings is 1. The fourth-order valence-corrected chi connectivity index (χ4v) is 9.93. The van der Waals surface area contributed by atoms with E-state index >= 15 is 0 Å². The van der Waals surface area contributed by atoms with Gasteiger partial charge in [-0.05, 0) is 117 Å². The van der Waals surface area contributed by atoms with E-state index in [0.29, 0.717) is 30.5 Å². The maximum Gasteiger partial charge on any atom is 0.375 e. The zero-order valence-corrected chi connectivity index (χ0v) is 26.5. The molecule has 45 heavy (non-hydrogen) atoms. The molecule has 0 bridgehead atoms. The number of esters is 1. The lowest BCUT2D eigenvalue weighted by molar-refractivity contribution is -0.175. The van der Waals surface area contributed by atoms with Crippen LogP contribution in [0.15, 0.2) is 69.4 Å². The molecule has 8 nitrogen and oxygen atoms in total. The third-order valence-corrected chi connectivity index (χ3v) is 12.0. The third-order valence-electron chi connectivity index (χ3n) is 11.2. The van der Waals surface area contributed by atoms with Crippen LogP contribution in [0.2, 0.25) is 0 Å². The van der Waals surface area contributed by atoms with Gasteiger partial charge >= 0.3 is 5.97 Å². The van der Waals surface area contributed by atoms with Crippen molar-refractivity contribution < 1.29 is 28.2 Å². The molecule has 4 aliphatic carbocycles. The molecule has 0 aliphatic heterocycles. The monoisotopic (exact) mass is 631 g/mol. The van der Waals surface area contributed by atoms with Crippen LogP contribution < -0.4 is 5.73 Å². The van der Waals surface area contributed by atoms with Gasteiger partial charge in [-0.1, -0.05) is 31.2 Å². The molecule has 0 radical (unpaired) electrons. The van der Waals surface area contributed by atoms with Crippen LogP contribution >= 0.6 is 11.8 Å². The van der Waals surface area contributed by atoms with Gasteiger partial charge in [0.25, 0.3) is 0 Å². The van der Waals surface area contributed by atoms with Crippen molar-refractivity contribution in [3.05, 3.63) is 77.2 Å². The van der Waals surface area contributed by atoms with Crippen molar-refractivity contribution in [1.82, 2.24) is 0 Å². The fourth-order valence-electron chi connectivity index (χ4n) is 9.12. The number of carbonyl (C=O) groups is 2. The Balaban J connectivity index is 1.36. The normalized spacial score (nSPS) is 35.6. The zero-order chi connectivity index (χ0) is 32.1. The van der Waals surface area contributed by atoms with Crippen LogP contribution in [0.3, 0.4) is 0 Å². The number of nitrogens with two attached hydrogens (primary N) is 1. The van der Waals surface area contributed by atoms with Crippen molar-refractivity contribution in [2.24, 2.45) is 39.3 Å². The highest BCUT2D eigenvalue weighted by Gasteiger charge is 2.71. The summed E-state index contributed by atoms with van der Waals surface area (Å²) in [7, 11) is 0. The number of thioether (sulfide) groups is 1. The molecular formula is C35H38FN3O5S. The van der Waals surface area contributed by atoms with Crippen LogP contribution in [-0.2, 0) is 9.53 Å². The quantitative estimate of drug-likeness (QED) is 0.354. The number of hydrogen-bond donors (Lipinski definition) is 2. The first-order valence-electron chi connectivity index (χ1n) is 15.4. The summed E-state index contributed by atoms with van der Waals surface area (Å²) in [5.41, 5.74) is 7.43. The number of halogens is 1. The van der Waals surface area contributed by atoms with Crippen LogP contribution in [0.25, 0.3) is 0 Å². The minimum atomic E-state index is -1.51. The molecule has 10 heteroatoms. The van der Waals surface area contributed by atoms with Crippen molar-refractivity contribution in [3.8, 4) is 6.07 Å². The fraction of sp³-hybridized carbons (Fsp3) is 0.486. The number of aliphatic hydroxyl groups is 1. The van der Waals surface area contributed by atoms with Crippen LogP contribution in [-0.4, -0.2) is 39.4 Å². The number of aryl methyl sites for hydroxylation is 1. The van der Waals surface area contributed by atoms with Crippen molar-refractivity contribution in [1.29, 1.82) is 5.26 Å². The Labute approximate surface area is 266 Å². The summed E-state index contributed by atoms with van der Waals surface area (Å²) >= 11 is 0.869. The van der Waals surface area contributed by atoms with Crippen molar-refractivity contribution in [3.63, 3.8) is 0 Å². The summed E-state index contributed by atoms with van der Waals surface area (Å²) in [5, 5.41) is 21.0.